The fourth-order valence-corrected chi connectivity index (χ4v) is 1.47. The zero-order valence-electron chi connectivity index (χ0n) is 7.37. The minimum absolute atomic E-state index is 0.0903. The summed E-state index contributed by atoms with van der Waals surface area (Å²) < 4.78 is 1.76. The highest BCUT2D eigenvalue weighted by molar-refractivity contribution is 7.79. The van der Waals surface area contributed by atoms with Crippen molar-refractivity contribution in [1.82, 2.24) is 4.57 Å². The summed E-state index contributed by atoms with van der Waals surface area (Å²) in [6.45, 7) is 4.64. The smallest absolute Gasteiger partial charge is 0.254 e. The van der Waals surface area contributed by atoms with E-state index in [2.05, 4.69) is 12.6 Å². The highest BCUT2D eigenvalue weighted by atomic mass is 32.1. The van der Waals surface area contributed by atoms with Gasteiger partial charge in [-0.25, -0.2) is 0 Å². The molecule has 2 nitrogen and oxygen atoms in total. The van der Waals surface area contributed by atoms with Gasteiger partial charge in [0.1, 0.15) is 0 Å². The molecule has 0 aromatic carbocycles. The van der Waals surface area contributed by atoms with Crippen LogP contribution in [0.4, 0.5) is 0 Å². The Bertz CT molecular complexity index is 330. The molecule has 3 heteroatoms. The third-order valence-electron chi connectivity index (χ3n) is 1.96. The molecule has 0 aliphatic carbocycles. The van der Waals surface area contributed by atoms with E-state index in [1.54, 1.807) is 4.57 Å². The summed E-state index contributed by atoms with van der Waals surface area (Å²) in [5.41, 5.74) is 1.87. The second-order valence-corrected chi connectivity index (χ2v) is 3.02. The van der Waals surface area contributed by atoms with Crippen molar-refractivity contribution in [3.8, 4) is 0 Å². The molecular weight excluding hydrogens is 170 g/mol. The lowest BCUT2D eigenvalue weighted by molar-refractivity contribution is 0.694. The molecule has 0 aliphatic heterocycles. The van der Waals surface area contributed by atoms with E-state index >= 15 is 0 Å². The summed E-state index contributed by atoms with van der Waals surface area (Å²) in [4.78, 5) is 11.6. The maximum Gasteiger partial charge on any atom is 0.254 e. The van der Waals surface area contributed by atoms with Crippen molar-refractivity contribution >= 4 is 12.6 Å². The SMILES string of the molecule is CCn1c(C)ccc(CS)c1=O. The van der Waals surface area contributed by atoms with Crippen LogP contribution in [0.2, 0.25) is 0 Å². The predicted molar refractivity (Wildman–Crippen MR) is 53.8 cm³/mol. The molecule has 0 amide bonds. The van der Waals surface area contributed by atoms with Gasteiger partial charge in [-0.1, -0.05) is 6.07 Å². The Balaban J connectivity index is 3.34. The van der Waals surface area contributed by atoms with Crippen LogP contribution in [0.5, 0.6) is 0 Å². The van der Waals surface area contributed by atoms with Crippen molar-refractivity contribution < 1.29 is 0 Å². The Kier molecular flexibility index (Phi) is 2.98. The monoisotopic (exact) mass is 183 g/mol. The van der Waals surface area contributed by atoms with Gasteiger partial charge in [-0.15, -0.1) is 0 Å². The van der Waals surface area contributed by atoms with E-state index in [0.717, 1.165) is 17.8 Å². The average Bonchev–Trinajstić information content (AvgIpc) is 2.06. The zero-order chi connectivity index (χ0) is 9.14. The number of nitrogens with zero attached hydrogens (tertiary/aromatic N) is 1. The van der Waals surface area contributed by atoms with E-state index in [0.29, 0.717) is 5.75 Å². The fraction of sp³-hybridized carbons (Fsp3) is 0.444. The number of aryl methyl sites for hydroxylation is 1. The molecular formula is C9H13NOS. The minimum Gasteiger partial charge on any atom is -0.313 e. The highest BCUT2D eigenvalue weighted by Gasteiger charge is 2.01. The van der Waals surface area contributed by atoms with Crippen LogP contribution < -0.4 is 5.56 Å². The van der Waals surface area contributed by atoms with Crippen LogP contribution >= 0.6 is 12.6 Å². The minimum atomic E-state index is 0.0903. The normalized spacial score (nSPS) is 10.2. The van der Waals surface area contributed by atoms with E-state index in [-0.39, 0.29) is 5.56 Å². The van der Waals surface area contributed by atoms with E-state index < -0.39 is 0 Å². The van der Waals surface area contributed by atoms with Crippen molar-refractivity contribution in [3.63, 3.8) is 0 Å². The van der Waals surface area contributed by atoms with Crippen LogP contribution in [0.25, 0.3) is 0 Å². The lowest BCUT2D eigenvalue weighted by Gasteiger charge is -2.07. The average molecular weight is 183 g/mol. The van der Waals surface area contributed by atoms with Crippen LogP contribution in [-0.4, -0.2) is 4.57 Å². The zero-order valence-corrected chi connectivity index (χ0v) is 8.27. The largest absolute Gasteiger partial charge is 0.313 e. The number of aromatic nitrogens is 1. The van der Waals surface area contributed by atoms with Crippen molar-refractivity contribution in [3.05, 3.63) is 33.7 Å². The van der Waals surface area contributed by atoms with E-state index in [1.165, 1.54) is 0 Å². The number of hydrogen-bond donors (Lipinski definition) is 1. The lowest BCUT2D eigenvalue weighted by atomic mass is 10.2. The molecule has 0 saturated carbocycles. The molecule has 0 radical (unpaired) electrons. The van der Waals surface area contributed by atoms with Gasteiger partial charge in [0.2, 0.25) is 0 Å². The van der Waals surface area contributed by atoms with Crippen molar-refractivity contribution in [2.24, 2.45) is 0 Å². The summed E-state index contributed by atoms with van der Waals surface area (Å²) in [7, 11) is 0. The molecule has 1 aromatic heterocycles. The van der Waals surface area contributed by atoms with Gasteiger partial charge >= 0.3 is 0 Å². The van der Waals surface area contributed by atoms with Gasteiger partial charge in [0.05, 0.1) is 0 Å². The summed E-state index contributed by atoms with van der Waals surface area (Å²) in [5, 5.41) is 0. The molecule has 0 saturated heterocycles. The molecule has 0 unspecified atom stereocenters. The van der Waals surface area contributed by atoms with Gasteiger partial charge in [0.25, 0.3) is 5.56 Å². The first-order chi connectivity index (χ1) is 5.70. The summed E-state index contributed by atoms with van der Waals surface area (Å²) in [5.74, 6) is 0.513. The van der Waals surface area contributed by atoms with Crippen LogP contribution in [0.3, 0.4) is 0 Å². The maximum absolute atomic E-state index is 11.6. The molecule has 1 rings (SSSR count). The number of thiol groups is 1. The molecule has 0 spiro atoms. The van der Waals surface area contributed by atoms with Crippen LogP contribution in [0, 0.1) is 6.92 Å². The third kappa shape index (κ3) is 1.55. The van der Waals surface area contributed by atoms with Gasteiger partial charge in [-0.3, -0.25) is 4.79 Å². The van der Waals surface area contributed by atoms with E-state index in [9.17, 15) is 4.79 Å². The highest BCUT2D eigenvalue weighted by Crippen LogP contribution is 2.00. The topological polar surface area (TPSA) is 22.0 Å². The molecule has 0 atom stereocenters. The summed E-state index contributed by atoms with van der Waals surface area (Å²) >= 11 is 4.09. The third-order valence-corrected chi connectivity index (χ3v) is 2.30. The van der Waals surface area contributed by atoms with Crippen LogP contribution in [0.1, 0.15) is 18.2 Å². The Morgan fingerprint density at radius 1 is 1.50 bits per heavy atom. The summed E-state index contributed by atoms with van der Waals surface area (Å²) in [6, 6.07) is 3.80. The molecule has 0 fully saturated rings. The number of pyridine rings is 1. The predicted octanol–water partition coefficient (Wildman–Crippen LogP) is 1.61. The first kappa shape index (κ1) is 9.39. The molecule has 1 aromatic rings. The number of rotatable bonds is 2. The second-order valence-electron chi connectivity index (χ2n) is 2.71. The standard InChI is InChI=1S/C9H13NOS/c1-3-10-7(2)4-5-8(6-12)9(10)11/h4-5,12H,3,6H2,1-2H3. The molecule has 1 heterocycles. The van der Waals surface area contributed by atoms with E-state index in [4.69, 9.17) is 0 Å². The molecule has 0 bridgehead atoms. The van der Waals surface area contributed by atoms with E-state index in [1.807, 2.05) is 26.0 Å². The molecule has 12 heavy (non-hydrogen) atoms. The Morgan fingerprint density at radius 3 is 2.67 bits per heavy atom. The molecule has 0 N–H and O–H groups in total. The van der Waals surface area contributed by atoms with Crippen LogP contribution in [-0.2, 0) is 12.3 Å². The Morgan fingerprint density at radius 2 is 2.17 bits per heavy atom. The lowest BCUT2D eigenvalue weighted by Crippen LogP contribution is -2.23. The maximum atomic E-state index is 11.6. The molecule has 66 valence electrons. The second kappa shape index (κ2) is 3.81. The summed E-state index contributed by atoms with van der Waals surface area (Å²) in [6.07, 6.45) is 0. The van der Waals surface area contributed by atoms with Crippen LogP contribution in [0.15, 0.2) is 16.9 Å². The first-order valence-corrected chi connectivity index (χ1v) is 4.64. The first-order valence-electron chi connectivity index (χ1n) is 4.01. The van der Waals surface area contributed by atoms with Crippen molar-refractivity contribution in [2.75, 3.05) is 0 Å². The van der Waals surface area contributed by atoms with Gasteiger partial charge in [0, 0.05) is 23.6 Å². The Hall–Kier alpha value is -0.700. The van der Waals surface area contributed by atoms with Gasteiger partial charge < -0.3 is 4.57 Å². The Labute approximate surface area is 77.6 Å². The quantitative estimate of drug-likeness (QED) is 0.691. The van der Waals surface area contributed by atoms with Gasteiger partial charge in [-0.2, -0.15) is 12.6 Å². The van der Waals surface area contributed by atoms with Gasteiger partial charge in [0.15, 0.2) is 0 Å². The number of hydrogen-bond acceptors (Lipinski definition) is 2. The van der Waals surface area contributed by atoms with Gasteiger partial charge in [-0.05, 0) is 19.9 Å². The van der Waals surface area contributed by atoms with Crippen molar-refractivity contribution in [2.45, 2.75) is 26.1 Å². The van der Waals surface area contributed by atoms with Crippen molar-refractivity contribution in [1.29, 1.82) is 0 Å². The fourth-order valence-electron chi connectivity index (χ4n) is 1.23. The molecule has 0 aliphatic rings.